The number of ether oxygens (including phenoxy) is 1. The first-order valence-corrected chi connectivity index (χ1v) is 8.61. The largest absolute Gasteiger partial charge is 0.482 e. The van der Waals surface area contributed by atoms with Gasteiger partial charge < -0.3 is 9.72 Å². The van der Waals surface area contributed by atoms with Crippen LogP contribution in [-0.2, 0) is 4.79 Å². The van der Waals surface area contributed by atoms with Crippen molar-refractivity contribution in [1.29, 1.82) is 0 Å². The topological polar surface area (TPSA) is 66.5 Å². The normalized spacial score (nSPS) is 11.2. The Morgan fingerprint density at radius 1 is 1.28 bits per heavy atom. The summed E-state index contributed by atoms with van der Waals surface area (Å²) in [5, 5.41) is 5.11. The molecule has 0 aliphatic rings. The van der Waals surface area contributed by atoms with Crippen molar-refractivity contribution < 1.29 is 9.53 Å². The molecule has 0 saturated carbocycles. The van der Waals surface area contributed by atoms with Crippen molar-refractivity contribution >= 4 is 39.0 Å². The maximum Gasteiger partial charge on any atom is 0.277 e. The molecule has 25 heavy (non-hydrogen) atoms. The highest BCUT2D eigenvalue weighted by molar-refractivity contribution is 9.10. The van der Waals surface area contributed by atoms with Gasteiger partial charge in [-0.05, 0) is 70.1 Å². The Kier molecular flexibility index (Phi) is 5.19. The number of nitrogens with one attached hydrogen (secondary N) is 2. The Balaban J connectivity index is 1.56. The van der Waals surface area contributed by atoms with E-state index in [1.54, 1.807) is 6.21 Å². The molecule has 0 unspecified atom stereocenters. The van der Waals surface area contributed by atoms with E-state index in [9.17, 15) is 4.79 Å². The predicted molar refractivity (Wildman–Crippen MR) is 103 cm³/mol. The summed E-state index contributed by atoms with van der Waals surface area (Å²) in [4.78, 5) is 15.0. The highest BCUT2D eigenvalue weighted by atomic mass is 79.9. The molecule has 1 heterocycles. The Morgan fingerprint density at radius 3 is 2.92 bits per heavy atom. The number of aromatic nitrogens is 1. The fraction of sp³-hybridized carbons (Fsp3) is 0.158. The number of carbonyl (C=O) groups excluding carboxylic acids is 1. The third kappa shape index (κ3) is 4.28. The van der Waals surface area contributed by atoms with Gasteiger partial charge in [-0.1, -0.05) is 18.2 Å². The van der Waals surface area contributed by atoms with Crippen molar-refractivity contribution in [1.82, 2.24) is 10.4 Å². The summed E-state index contributed by atoms with van der Waals surface area (Å²) >= 11 is 3.46. The van der Waals surface area contributed by atoms with Gasteiger partial charge in [0, 0.05) is 11.7 Å². The zero-order valence-electron chi connectivity index (χ0n) is 14.0. The van der Waals surface area contributed by atoms with Crippen LogP contribution in [0.4, 0.5) is 0 Å². The Morgan fingerprint density at radius 2 is 2.12 bits per heavy atom. The molecule has 128 valence electrons. The van der Waals surface area contributed by atoms with E-state index in [1.165, 1.54) is 0 Å². The number of rotatable bonds is 5. The van der Waals surface area contributed by atoms with E-state index in [-0.39, 0.29) is 12.5 Å². The van der Waals surface area contributed by atoms with E-state index in [1.807, 2.05) is 56.4 Å². The average Bonchev–Trinajstić information content (AvgIpc) is 3.01. The molecule has 6 heteroatoms. The number of halogens is 1. The smallest absolute Gasteiger partial charge is 0.277 e. The maximum absolute atomic E-state index is 11.9. The molecule has 0 atom stereocenters. The lowest BCUT2D eigenvalue weighted by atomic mass is 10.1. The van der Waals surface area contributed by atoms with Gasteiger partial charge in [-0.2, -0.15) is 5.10 Å². The Hall–Kier alpha value is -2.60. The number of carbonyl (C=O) groups is 1. The summed E-state index contributed by atoms with van der Waals surface area (Å²) < 4.78 is 6.43. The van der Waals surface area contributed by atoms with Gasteiger partial charge in [0.1, 0.15) is 5.75 Å². The minimum atomic E-state index is -0.316. The van der Waals surface area contributed by atoms with Gasteiger partial charge in [-0.25, -0.2) is 5.43 Å². The van der Waals surface area contributed by atoms with Gasteiger partial charge in [0.2, 0.25) is 0 Å². The molecule has 0 saturated heterocycles. The Bertz CT molecular complexity index is 924. The van der Waals surface area contributed by atoms with Crippen molar-refractivity contribution in [2.24, 2.45) is 5.10 Å². The number of fused-ring (bicyclic) bond motifs is 1. The fourth-order valence-corrected chi connectivity index (χ4v) is 3.37. The number of nitrogens with zero attached hydrogens (tertiary/aromatic N) is 1. The predicted octanol–water partition coefficient (Wildman–Crippen LogP) is 4.08. The lowest BCUT2D eigenvalue weighted by Gasteiger charge is -2.11. The first-order valence-electron chi connectivity index (χ1n) is 7.81. The van der Waals surface area contributed by atoms with Gasteiger partial charge in [-0.15, -0.1) is 0 Å². The number of amides is 1. The molecule has 3 aromatic rings. The van der Waals surface area contributed by atoms with Crippen molar-refractivity contribution in [2.45, 2.75) is 13.8 Å². The summed E-state index contributed by atoms with van der Waals surface area (Å²) in [6.07, 6.45) is 3.49. The van der Waals surface area contributed by atoms with Crippen molar-refractivity contribution in [3.63, 3.8) is 0 Å². The summed E-state index contributed by atoms with van der Waals surface area (Å²) in [6, 6.07) is 11.9. The van der Waals surface area contributed by atoms with Crippen LogP contribution >= 0.6 is 15.9 Å². The van der Waals surface area contributed by atoms with E-state index in [0.717, 1.165) is 32.1 Å². The monoisotopic (exact) mass is 399 g/mol. The molecule has 1 aromatic heterocycles. The second-order valence-corrected chi connectivity index (χ2v) is 6.65. The van der Waals surface area contributed by atoms with Crippen LogP contribution in [0, 0.1) is 13.8 Å². The number of aryl methyl sites for hydroxylation is 2. The first kappa shape index (κ1) is 17.2. The summed E-state index contributed by atoms with van der Waals surface area (Å²) in [5.74, 6) is 0.353. The number of H-pyrrole nitrogens is 1. The van der Waals surface area contributed by atoms with Crippen LogP contribution in [0.3, 0.4) is 0 Å². The Labute approximate surface area is 154 Å². The molecule has 1 amide bonds. The molecule has 0 spiro atoms. The number of benzene rings is 2. The van der Waals surface area contributed by atoms with Gasteiger partial charge >= 0.3 is 0 Å². The fourth-order valence-electron chi connectivity index (χ4n) is 2.58. The van der Waals surface area contributed by atoms with Gasteiger partial charge in [0.15, 0.2) is 6.61 Å². The molecule has 0 radical (unpaired) electrons. The van der Waals surface area contributed by atoms with Crippen molar-refractivity contribution in [3.8, 4) is 5.75 Å². The minimum absolute atomic E-state index is 0.102. The zero-order valence-corrected chi connectivity index (χ0v) is 15.6. The van der Waals surface area contributed by atoms with Gasteiger partial charge in [-0.3, -0.25) is 4.79 Å². The third-order valence-electron chi connectivity index (χ3n) is 3.70. The molecule has 2 aromatic carbocycles. The van der Waals surface area contributed by atoms with E-state index in [0.29, 0.717) is 5.75 Å². The number of hydrogen-bond donors (Lipinski definition) is 2. The number of aromatic amines is 1. The molecule has 0 fully saturated rings. The SMILES string of the molecule is Cc1cc(C)c(OCC(=O)N/N=C/c2ccc3cc[nH]c3c2)c(Br)c1. The van der Waals surface area contributed by atoms with Crippen LogP contribution in [0.25, 0.3) is 10.9 Å². The quantitative estimate of drug-likeness (QED) is 0.501. The second-order valence-electron chi connectivity index (χ2n) is 5.80. The highest BCUT2D eigenvalue weighted by Crippen LogP contribution is 2.30. The van der Waals surface area contributed by atoms with Crippen molar-refractivity contribution in [3.05, 3.63) is 63.8 Å². The van der Waals surface area contributed by atoms with E-state index >= 15 is 0 Å². The standard InChI is InChI=1S/C19H18BrN3O2/c1-12-7-13(2)19(16(20)8-12)25-11-18(24)23-22-10-14-3-4-15-5-6-21-17(15)9-14/h3-10,21H,11H2,1-2H3,(H,23,24)/b22-10+. The third-order valence-corrected chi connectivity index (χ3v) is 4.29. The van der Waals surface area contributed by atoms with Crippen LogP contribution in [0.2, 0.25) is 0 Å². The molecule has 3 rings (SSSR count). The van der Waals surface area contributed by atoms with E-state index in [4.69, 9.17) is 4.74 Å². The minimum Gasteiger partial charge on any atom is -0.482 e. The highest BCUT2D eigenvalue weighted by Gasteiger charge is 2.08. The molecular weight excluding hydrogens is 382 g/mol. The summed E-state index contributed by atoms with van der Waals surface area (Å²) in [7, 11) is 0. The van der Waals surface area contributed by atoms with E-state index in [2.05, 4.69) is 31.4 Å². The van der Waals surface area contributed by atoms with Gasteiger partial charge in [0.05, 0.1) is 10.7 Å². The molecule has 0 aliphatic heterocycles. The maximum atomic E-state index is 11.9. The van der Waals surface area contributed by atoms with Crippen LogP contribution in [0.1, 0.15) is 16.7 Å². The van der Waals surface area contributed by atoms with Crippen molar-refractivity contribution in [2.75, 3.05) is 6.61 Å². The zero-order chi connectivity index (χ0) is 17.8. The second kappa shape index (κ2) is 7.53. The van der Waals surface area contributed by atoms with E-state index < -0.39 is 0 Å². The number of hydrazone groups is 1. The molecule has 5 nitrogen and oxygen atoms in total. The molecular formula is C19H18BrN3O2. The van der Waals surface area contributed by atoms with Crippen LogP contribution in [0.15, 0.2) is 52.2 Å². The van der Waals surface area contributed by atoms with Crippen LogP contribution < -0.4 is 10.2 Å². The van der Waals surface area contributed by atoms with Gasteiger partial charge in [0.25, 0.3) is 5.91 Å². The van der Waals surface area contributed by atoms with Crippen LogP contribution in [0.5, 0.6) is 5.75 Å². The number of hydrogen-bond acceptors (Lipinski definition) is 3. The van der Waals surface area contributed by atoms with Crippen LogP contribution in [-0.4, -0.2) is 23.7 Å². The summed E-state index contributed by atoms with van der Waals surface area (Å²) in [5.41, 5.74) is 6.50. The molecule has 0 bridgehead atoms. The average molecular weight is 400 g/mol. The lowest BCUT2D eigenvalue weighted by molar-refractivity contribution is -0.123. The summed E-state index contributed by atoms with van der Waals surface area (Å²) in [6.45, 7) is 3.85. The lowest BCUT2D eigenvalue weighted by Crippen LogP contribution is -2.24. The molecule has 0 aliphatic carbocycles. The first-order chi connectivity index (χ1) is 12.0. The molecule has 2 N–H and O–H groups in total.